The van der Waals surface area contributed by atoms with Crippen LogP contribution in [0.15, 0.2) is 46.2 Å². The number of fused-ring (bicyclic) bond motifs is 2. The Morgan fingerprint density at radius 2 is 1.74 bits per heavy atom. The molecule has 23 heavy (non-hydrogen) atoms. The number of benzene rings is 2. The quantitative estimate of drug-likeness (QED) is 0.436. The second-order valence-electron chi connectivity index (χ2n) is 4.96. The lowest BCUT2D eigenvalue weighted by Crippen LogP contribution is -2.23. The summed E-state index contributed by atoms with van der Waals surface area (Å²) in [6, 6.07) is 11.5. The van der Waals surface area contributed by atoms with E-state index in [1.165, 1.54) is 0 Å². The zero-order chi connectivity index (χ0) is 16.4. The molecule has 2 aliphatic rings. The van der Waals surface area contributed by atoms with Crippen molar-refractivity contribution < 1.29 is 0 Å². The van der Waals surface area contributed by atoms with Crippen LogP contribution in [0.4, 0.5) is 0 Å². The first-order chi connectivity index (χ1) is 11.2. The number of nitrogens with zero attached hydrogens (tertiary/aromatic N) is 1. The Balaban J connectivity index is 2.52. The predicted octanol–water partition coefficient (Wildman–Crippen LogP) is 4.26. The molecule has 0 saturated heterocycles. The Bertz CT molecular complexity index is 886. The highest BCUT2D eigenvalue weighted by Crippen LogP contribution is 2.39. The molecule has 1 aromatic rings. The molecule has 0 bridgehead atoms. The molecule has 0 spiro atoms. The molecule has 3 rings (SSSR count). The zero-order valence-corrected chi connectivity index (χ0v) is 14.6. The molecular formula is C17H17N2O2S2-. The normalized spacial score (nSPS) is 11.2. The molecule has 1 N–H and O–H groups in total. The molecule has 1 aliphatic carbocycles. The van der Waals surface area contributed by atoms with Crippen LogP contribution < -0.4 is 10.3 Å². The fraction of sp³-hybridized carbons (Fsp3) is 0.235. The maximum Gasteiger partial charge on any atom is 0.233 e. The molecule has 0 saturated carbocycles. The van der Waals surface area contributed by atoms with Crippen LogP contribution in [0, 0.1) is 10.4 Å². The molecule has 6 heteroatoms. The summed E-state index contributed by atoms with van der Waals surface area (Å²) in [6.45, 7) is 4.15. The van der Waals surface area contributed by atoms with Gasteiger partial charge in [-0.05, 0) is 23.6 Å². The van der Waals surface area contributed by atoms with Crippen LogP contribution in [-0.2, 0) is 0 Å². The lowest BCUT2D eigenvalue weighted by molar-refractivity contribution is 0.959. The molecule has 0 unspecified atom stereocenters. The number of aromatic nitrogens is 1. The second kappa shape index (κ2) is 6.76. The lowest BCUT2D eigenvalue weighted by Gasteiger charge is -2.18. The van der Waals surface area contributed by atoms with E-state index in [-0.39, 0.29) is 10.3 Å². The number of aromatic amines is 1. The minimum absolute atomic E-state index is 0.165. The number of nitrogens with one attached hydrogen (secondary N) is 1. The third kappa shape index (κ3) is 2.88. The topological polar surface area (TPSA) is 64.9 Å². The summed E-state index contributed by atoms with van der Waals surface area (Å²) >= 11 is 3.36. The molecular weight excluding hydrogens is 328 g/mol. The van der Waals surface area contributed by atoms with E-state index in [9.17, 15) is 10.4 Å². The van der Waals surface area contributed by atoms with Gasteiger partial charge in [-0.1, -0.05) is 32.0 Å². The van der Waals surface area contributed by atoms with E-state index in [0.29, 0.717) is 0 Å². The minimum Gasteiger partial charge on any atom is -0.612 e. The number of hydrogen-bond acceptors (Lipinski definition) is 4. The molecule has 4 nitrogen and oxygen atoms in total. The van der Waals surface area contributed by atoms with Crippen molar-refractivity contribution in [3.05, 3.63) is 52.2 Å². The first-order valence-corrected chi connectivity index (χ1v) is 9.45. The van der Waals surface area contributed by atoms with Crippen LogP contribution >= 0.6 is 23.5 Å². The number of rotatable bonds is 4. The highest BCUT2D eigenvalue weighted by Gasteiger charge is 2.21. The van der Waals surface area contributed by atoms with E-state index in [0.717, 1.165) is 43.5 Å². The van der Waals surface area contributed by atoms with Gasteiger partial charge in [0.15, 0.2) is 0 Å². The van der Waals surface area contributed by atoms with E-state index in [1.807, 2.05) is 30.3 Å². The molecule has 1 aromatic carbocycles. The standard InChI is InChI=1S/C17H17N2O2S2/c1-3-22-14-10-9-13(19(20)21)15-16(14)18-12-8-6-5-7-11(12)17(15)23-4-2/h5-10,18H,3-4H2,1-2H3/q-1. The fourth-order valence-corrected chi connectivity index (χ4v) is 4.45. The Morgan fingerprint density at radius 1 is 1.00 bits per heavy atom. The Kier molecular flexibility index (Phi) is 4.73. The molecule has 0 fully saturated rings. The zero-order valence-electron chi connectivity index (χ0n) is 13.0. The minimum atomic E-state index is -0.287. The van der Waals surface area contributed by atoms with Gasteiger partial charge in [0.05, 0.1) is 11.3 Å². The van der Waals surface area contributed by atoms with Crippen molar-refractivity contribution in [3.63, 3.8) is 0 Å². The van der Waals surface area contributed by atoms with Crippen molar-refractivity contribution >= 4 is 34.4 Å². The highest BCUT2D eigenvalue weighted by atomic mass is 32.2. The van der Waals surface area contributed by atoms with E-state index in [1.54, 1.807) is 29.6 Å². The number of thioether (sulfide) groups is 2. The third-order valence-corrected chi connectivity index (χ3v) is 5.53. The second-order valence-corrected chi connectivity index (χ2v) is 7.54. The van der Waals surface area contributed by atoms with Crippen LogP contribution in [0.2, 0.25) is 0 Å². The summed E-state index contributed by atoms with van der Waals surface area (Å²) in [4.78, 5) is 5.17. The van der Waals surface area contributed by atoms with Gasteiger partial charge in [-0.2, -0.15) is 4.90 Å². The van der Waals surface area contributed by atoms with E-state index in [4.69, 9.17) is 0 Å². The first-order valence-electron chi connectivity index (χ1n) is 7.48. The van der Waals surface area contributed by atoms with Gasteiger partial charge < -0.3 is 15.4 Å². The van der Waals surface area contributed by atoms with Crippen molar-refractivity contribution in [2.75, 3.05) is 11.5 Å². The summed E-state index contributed by atoms with van der Waals surface area (Å²) in [5, 5.41) is 24.3. The maximum atomic E-state index is 11.6. The van der Waals surface area contributed by atoms with Gasteiger partial charge in [0.25, 0.3) is 0 Å². The average molecular weight is 345 g/mol. The van der Waals surface area contributed by atoms with Gasteiger partial charge in [0, 0.05) is 26.8 Å². The SMILES string of the molecule is CCSc1ccc(=[N+]([O-])[O-])c2c(SCC)c3ccccc3[nH]c1-2. The number of hydrogen-bond donors (Lipinski definition) is 1. The Hall–Kier alpha value is -1.79. The number of pyridine rings is 1. The van der Waals surface area contributed by atoms with Crippen molar-refractivity contribution in [2.24, 2.45) is 0 Å². The van der Waals surface area contributed by atoms with Gasteiger partial charge in [-0.15, -0.1) is 23.5 Å². The third-order valence-electron chi connectivity index (χ3n) is 3.59. The molecule has 0 radical (unpaired) electrons. The summed E-state index contributed by atoms with van der Waals surface area (Å²) in [5.41, 5.74) is 2.59. The molecule has 1 aliphatic heterocycles. The van der Waals surface area contributed by atoms with Crippen LogP contribution in [0.1, 0.15) is 13.8 Å². The largest absolute Gasteiger partial charge is 0.612 e. The van der Waals surface area contributed by atoms with E-state index < -0.39 is 0 Å². The Morgan fingerprint density at radius 3 is 2.43 bits per heavy atom. The molecule has 0 amide bonds. The summed E-state index contributed by atoms with van der Waals surface area (Å²) in [6.07, 6.45) is 0. The van der Waals surface area contributed by atoms with E-state index >= 15 is 0 Å². The molecule has 120 valence electrons. The Labute approximate surface area is 143 Å². The fourth-order valence-electron chi connectivity index (χ4n) is 2.71. The van der Waals surface area contributed by atoms with Gasteiger partial charge in [0.1, 0.15) is 0 Å². The first kappa shape index (κ1) is 16.1. The lowest BCUT2D eigenvalue weighted by atomic mass is 10.0. The summed E-state index contributed by atoms with van der Waals surface area (Å²) < 4.78 is 0. The van der Waals surface area contributed by atoms with Crippen LogP contribution in [0.3, 0.4) is 0 Å². The molecule has 1 heterocycles. The van der Waals surface area contributed by atoms with Crippen molar-refractivity contribution in [1.29, 1.82) is 0 Å². The highest BCUT2D eigenvalue weighted by molar-refractivity contribution is 8.00. The number of H-pyrrole nitrogens is 1. The van der Waals surface area contributed by atoms with Crippen molar-refractivity contribution in [3.8, 4) is 11.3 Å². The van der Waals surface area contributed by atoms with Gasteiger partial charge in [-0.3, -0.25) is 0 Å². The molecule has 0 aromatic heterocycles. The smallest absolute Gasteiger partial charge is 0.233 e. The number of para-hydroxylation sites is 1. The van der Waals surface area contributed by atoms with Crippen LogP contribution in [0.25, 0.3) is 22.2 Å². The monoisotopic (exact) mass is 345 g/mol. The van der Waals surface area contributed by atoms with Gasteiger partial charge in [0.2, 0.25) is 5.36 Å². The van der Waals surface area contributed by atoms with E-state index in [2.05, 4.69) is 18.8 Å². The van der Waals surface area contributed by atoms with Crippen LogP contribution in [-0.4, -0.2) is 16.5 Å². The van der Waals surface area contributed by atoms with Crippen molar-refractivity contribution in [1.82, 2.24) is 9.89 Å². The van der Waals surface area contributed by atoms with Crippen LogP contribution in [0.5, 0.6) is 0 Å². The summed E-state index contributed by atoms with van der Waals surface area (Å²) in [7, 11) is 0. The van der Waals surface area contributed by atoms with Crippen molar-refractivity contribution in [2.45, 2.75) is 23.6 Å². The van der Waals surface area contributed by atoms with Gasteiger partial charge in [-0.25, -0.2) is 0 Å². The van der Waals surface area contributed by atoms with Gasteiger partial charge >= 0.3 is 0 Å². The summed E-state index contributed by atoms with van der Waals surface area (Å²) in [5.74, 6) is 1.79. The predicted molar refractivity (Wildman–Crippen MR) is 99.7 cm³/mol. The average Bonchev–Trinajstić information content (AvgIpc) is 2.55. The maximum absolute atomic E-state index is 11.6. The molecule has 0 atom stereocenters.